The molecule has 0 bridgehead atoms. The van der Waals surface area contributed by atoms with Crippen molar-refractivity contribution >= 4 is 40.3 Å². The molecule has 4 aromatic rings. The molecule has 1 amide bonds. The third-order valence-electron chi connectivity index (χ3n) is 6.29. The molecular weight excluding hydrogens is 468 g/mol. The first-order chi connectivity index (χ1) is 17.4. The number of carbonyl (C=O) groups excluding carboxylic acids is 1. The molecule has 2 atom stereocenters. The Kier molecular flexibility index (Phi) is 6.43. The van der Waals surface area contributed by atoms with Crippen molar-refractivity contribution in [1.82, 2.24) is 14.9 Å². The molecule has 182 valence electrons. The van der Waals surface area contributed by atoms with Gasteiger partial charge in [0.25, 0.3) is 0 Å². The second kappa shape index (κ2) is 9.83. The van der Waals surface area contributed by atoms with Gasteiger partial charge in [-0.05, 0) is 85.0 Å². The number of hydrogen-bond donors (Lipinski definition) is 2. The first-order valence-corrected chi connectivity index (χ1v) is 12.2. The van der Waals surface area contributed by atoms with E-state index in [1.54, 1.807) is 6.20 Å². The lowest BCUT2D eigenvalue weighted by molar-refractivity contribution is -0.114. The fourth-order valence-electron chi connectivity index (χ4n) is 4.62. The van der Waals surface area contributed by atoms with Gasteiger partial charge in [0.05, 0.1) is 11.7 Å². The van der Waals surface area contributed by atoms with E-state index in [0.717, 1.165) is 34.1 Å². The Morgan fingerprint density at radius 2 is 1.69 bits per heavy atom. The van der Waals surface area contributed by atoms with Crippen LogP contribution in [-0.2, 0) is 4.79 Å². The van der Waals surface area contributed by atoms with E-state index in [1.165, 1.54) is 6.92 Å². The van der Waals surface area contributed by atoms with Crippen LogP contribution in [0.2, 0.25) is 0 Å². The molecule has 1 aliphatic heterocycles. The van der Waals surface area contributed by atoms with Gasteiger partial charge in [0.15, 0.2) is 5.11 Å². The summed E-state index contributed by atoms with van der Waals surface area (Å²) in [6, 6.07) is 26.1. The first kappa shape index (κ1) is 23.6. The van der Waals surface area contributed by atoms with Crippen molar-refractivity contribution in [3.63, 3.8) is 0 Å². The number of aromatic nitrogens is 2. The van der Waals surface area contributed by atoms with Crippen LogP contribution in [0.25, 0.3) is 5.69 Å². The molecule has 1 fully saturated rings. The highest BCUT2D eigenvalue weighted by molar-refractivity contribution is 7.80. The molecule has 0 aliphatic carbocycles. The van der Waals surface area contributed by atoms with Crippen molar-refractivity contribution in [1.29, 1.82) is 0 Å². The van der Waals surface area contributed by atoms with Gasteiger partial charge in [-0.2, -0.15) is 0 Å². The Hall–Kier alpha value is -4.17. The molecule has 0 saturated carbocycles. The zero-order chi connectivity index (χ0) is 25.2. The first-order valence-electron chi connectivity index (χ1n) is 11.8. The highest BCUT2D eigenvalue weighted by atomic mass is 32.1. The van der Waals surface area contributed by atoms with Crippen LogP contribution in [0.4, 0.5) is 17.1 Å². The Morgan fingerprint density at radius 1 is 0.972 bits per heavy atom. The maximum absolute atomic E-state index is 11.5. The van der Waals surface area contributed by atoms with Gasteiger partial charge in [-0.15, -0.1) is 0 Å². The second-order valence-corrected chi connectivity index (χ2v) is 9.33. The van der Waals surface area contributed by atoms with Gasteiger partial charge >= 0.3 is 0 Å². The number of amides is 1. The third kappa shape index (κ3) is 4.55. The normalized spacial score (nSPS) is 17.1. The molecule has 0 radical (unpaired) electrons. The number of pyridine rings is 1. The van der Waals surface area contributed by atoms with Gasteiger partial charge in [0.2, 0.25) is 5.91 Å². The molecule has 5 rings (SSSR count). The maximum Gasteiger partial charge on any atom is 0.221 e. The number of nitrogens with one attached hydrogen (secondary N) is 2. The predicted molar refractivity (Wildman–Crippen MR) is 149 cm³/mol. The predicted octanol–water partition coefficient (Wildman–Crippen LogP) is 5.07. The minimum Gasteiger partial charge on any atom is -0.378 e. The lowest BCUT2D eigenvalue weighted by atomic mass is 10.0. The molecule has 3 heterocycles. The molecule has 1 aliphatic rings. The van der Waals surface area contributed by atoms with Crippen LogP contribution in [0.1, 0.15) is 30.4 Å². The third-order valence-corrected chi connectivity index (χ3v) is 6.61. The Balaban J connectivity index is 1.59. The van der Waals surface area contributed by atoms with Gasteiger partial charge < -0.3 is 25.0 Å². The van der Waals surface area contributed by atoms with Crippen LogP contribution in [-0.4, -0.2) is 34.7 Å². The smallest absolute Gasteiger partial charge is 0.221 e. The molecule has 2 unspecified atom stereocenters. The Bertz CT molecular complexity index is 1370. The second-order valence-electron chi connectivity index (χ2n) is 8.94. The highest BCUT2D eigenvalue weighted by Crippen LogP contribution is 2.42. The molecule has 1 saturated heterocycles. The van der Waals surface area contributed by atoms with E-state index in [-0.39, 0.29) is 18.0 Å². The van der Waals surface area contributed by atoms with Crippen LogP contribution in [0.3, 0.4) is 0 Å². The molecule has 0 spiro atoms. The summed E-state index contributed by atoms with van der Waals surface area (Å²) >= 11 is 5.86. The van der Waals surface area contributed by atoms with E-state index in [0.29, 0.717) is 5.11 Å². The molecule has 2 aromatic heterocycles. The number of thiocarbonyl (C=S) groups is 1. The van der Waals surface area contributed by atoms with Crippen molar-refractivity contribution in [2.45, 2.75) is 19.0 Å². The molecule has 8 heteroatoms. The Morgan fingerprint density at radius 3 is 2.33 bits per heavy atom. The monoisotopic (exact) mass is 496 g/mol. The standard InChI is InChI=1S/C28H28N6OS/c1-19(35)30-20-9-11-23(12-10-20)34-27(26(31-28(34)36)24-7-4-5-17-29-24)25-8-6-18-33(25)22-15-13-21(14-16-22)32(2)3/h4-18,26-27H,1-3H3,(H,30,35)(H,31,36). The van der Waals surface area contributed by atoms with Crippen LogP contribution in [0, 0.1) is 0 Å². The number of benzene rings is 2. The van der Waals surface area contributed by atoms with Crippen molar-refractivity contribution in [3.05, 3.63) is 103 Å². The van der Waals surface area contributed by atoms with E-state index in [4.69, 9.17) is 12.2 Å². The number of anilines is 3. The lowest BCUT2D eigenvalue weighted by Crippen LogP contribution is -2.30. The van der Waals surface area contributed by atoms with Crippen molar-refractivity contribution in [3.8, 4) is 5.69 Å². The Labute approximate surface area is 216 Å². The number of hydrogen-bond acceptors (Lipinski definition) is 4. The topological polar surface area (TPSA) is 65.4 Å². The highest BCUT2D eigenvalue weighted by Gasteiger charge is 2.42. The zero-order valence-corrected chi connectivity index (χ0v) is 21.2. The van der Waals surface area contributed by atoms with Gasteiger partial charge in [0.1, 0.15) is 6.04 Å². The van der Waals surface area contributed by atoms with Gasteiger partial charge in [0, 0.05) is 61.9 Å². The fourth-order valence-corrected chi connectivity index (χ4v) is 4.97. The molecule has 36 heavy (non-hydrogen) atoms. The summed E-state index contributed by atoms with van der Waals surface area (Å²) in [6.07, 6.45) is 3.88. The summed E-state index contributed by atoms with van der Waals surface area (Å²) < 4.78 is 2.20. The summed E-state index contributed by atoms with van der Waals surface area (Å²) in [4.78, 5) is 20.3. The summed E-state index contributed by atoms with van der Waals surface area (Å²) in [5.74, 6) is -0.104. The average Bonchev–Trinajstić information content (AvgIpc) is 3.49. The average molecular weight is 497 g/mol. The van der Waals surface area contributed by atoms with Crippen LogP contribution in [0.15, 0.2) is 91.3 Å². The zero-order valence-electron chi connectivity index (χ0n) is 20.4. The summed E-state index contributed by atoms with van der Waals surface area (Å²) in [5, 5.41) is 6.96. The minimum absolute atomic E-state index is 0.104. The number of rotatable bonds is 6. The van der Waals surface area contributed by atoms with Crippen molar-refractivity contribution in [2.24, 2.45) is 0 Å². The quantitative estimate of drug-likeness (QED) is 0.363. The molecule has 2 aromatic carbocycles. The summed E-state index contributed by atoms with van der Waals surface area (Å²) in [5.41, 5.74) is 5.88. The van der Waals surface area contributed by atoms with Crippen molar-refractivity contribution in [2.75, 3.05) is 29.2 Å². The lowest BCUT2D eigenvalue weighted by Gasteiger charge is -2.29. The van der Waals surface area contributed by atoms with Gasteiger partial charge in [-0.25, -0.2) is 0 Å². The van der Waals surface area contributed by atoms with E-state index in [2.05, 4.69) is 72.6 Å². The van der Waals surface area contributed by atoms with E-state index < -0.39 is 0 Å². The summed E-state index contributed by atoms with van der Waals surface area (Å²) in [7, 11) is 4.07. The van der Waals surface area contributed by atoms with E-state index in [1.807, 2.05) is 56.6 Å². The number of nitrogens with zero attached hydrogens (tertiary/aromatic N) is 4. The van der Waals surface area contributed by atoms with Gasteiger partial charge in [-0.1, -0.05) is 6.07 Å². The maximum atomic E-state index is 11.5. The van der Waals surface area contributed by atoms with E-state index in [9.17, 15) is 4.79 Å². The van der Waals surface area contributed by atoms with Crippen LogP contribution in [0.5, 0.6) is 0 Å². The fraction of sp³-hybridized carbons (Fsp3) is 0.179. The van der Waals surface area contributed by atoms with Crippen molar-refractivity contribution < 1.29 is 4.79 Å². The largest absolute Gasteiger partial charge is 0.378 e. The van der Waals surface area contributed by atoms with Crippen LogP contribution < -0.4 is 20.4 Å². The minimum atomic E-state index is -0.150. The molecule has 2 N–H and O–H groups in total. The molecular formula is C28H28N6OS. The van der Waals surface area contributed by atoms with E-state index >= 15 is 0 Å². The summed E-state index contributed by atoms with van der Waals surface area (Å²) in [6.45, 7) is 1.50. The molecule has 7 nitrogen and oxygen atoms in total. The van der Waals surface area contributed by atoms with Gasteiger partial charge in [-0.3, -0.25) is 9.78 Å². The van der Waals surface area contributed by atoms with Crippen LogP contribution >= 0.6 is 12.2 Å². The SMILES string of the molecule is CC(=O)Nc1ccc(N2C(=S)NC(c3ccccn3)C2c2cccn2-c2ccc(N(C)C)cc2)cc1. The number of carbonyl (C=O) groups is 1.